The maximum Gasteiger partial charge on any atom is 0.188 e. The number of ether oxygens (including phenoxy) is 1. The Kier molecular flexibility index (Phi) is 6.38. The van der Waals surface area contributed by atoms with E-state index in [9.17, 15) is 0 Å². The number of aryl methyl sites for hydroxylation is 1. The highest BCUT2D eigenvalue weighted by Gasteiger charge is 2.12. The van der Waals surface area contributed by atoms with Crippen molar-refractivity contribution in [3.8, 4) is 5.75 Å². The fourth-order valence-electron chi connectivity index (χ4n) is 2.72. The fraction of sp³-hybridized carbons (Fsp3) is 0.588. The molecule has 0 spiro atoms. The molecule has 0 radical (unpaired) electrons. The van der Waals surface area contributed by atoms with Crippen LogP contribution in [0.5, 0.6) is 5.75 Å². The van der Waals surface area contributed by atoms with Gasteiger partial charge in [0.15, 0.2) is 5.96 Å². The zero-order valence-electron chi connectivity index (χ0n) is 13.0. The molecule has 2 rings (SSSR count). The second-order valence-corrected chi connectivity index (χ2v) is 5.71. The summed E-state index contributed by atoms with van der Waals surface area (Å²) in [5.74, 6) is 1.47. The molecule has 4 nitrogen and oxygen atoms in total. The Bertz CT molecular complexity index is 451. The molecular weight excluding hydrogens is 262 g/mol. The number of nitrogens with one attached hydrogen (secondary N) is 1. The minimum absolute atomic E-state index is 0.494. The predicted octanol–water partition coefficient (Wildman–Crippen LogP) is 3.00. The molecule has 4 heteroatoms. The van der Waals surface area contributed by atoms with Crippen LogP contribution in [0.2, 0.25) is 0 Å². The highest BCUT2D eigenvalue weighted by Crippen LogP contribution is 2.17. The van der Waals surface area contributed by atoms with Gasteiger partial charge in [-0.25, -0.2) is 4.99 Å². The summed E-state index contributed by atoms with van der Waals surface area (Å²) in [5.41, 5.74) is 7.09. The van der Waals surface area contributed by atoms with Gasteiger partial charge in [-0.3, -0.25) is 0 Å². The number of aliphatic imine (C=N–C) groups is 1. The number of guanidine groups is 1. The van der Waals surface area contributed by atoms with Crippen molar-refractivity contribution in [1.82, 2.24) is 5.32 Å². The number of rotatable bonds is 5. The van der Waals surface area contributed by atoms with Crippen molar-refractivity contribution >= 4 is 5.96 Å². The average Bonchev–Trinajstić information content (AvgIpc) is 2.74. The van der Waals surface area contributed by atoms with Crippen LogP contribution in [0.3, 0.4) is 0 Å². The first-order valence-corrected chi connectivity index (χ1v) is 8.00. The Balaban J connectivity index is 1.69. The molecule has 1 aliphatic carbocycles. The molecule has 1 aromatic carbocycles. The van der Waals surface area contributed by atoms with Crippen LogP contribution in [0.25, 0.3) is 0 Å². The summed E-state index contributed by atoms with van der Waals surface area (Å²) in [5, 5.41) is 3.34. The second-order valence-electron chi connectivity index (χ2n) is 5.71. The minimum atomic E-state index is 0.494. The molecule has 116 valence electrons. The third-order valence-corrected chi connectivity index (χ3v) is 3.93. The van der Waals surface area contributed by atoms with Gasteiger partial charge in [-0.2, -0.15) is 0 Å². The van der Waals surface area contributed by atoms with Crippen molar-refractivity contribution in [2.45, 2.75) is 51.5 Å². The number of benzene rings is 1. The first kappa shape index (κ1) is 15.7. The van der Waals surface area contributed by atoms with Crippen molar-refractivity contribution in [1.29, 1.82) is 0 Å². The molecule has 1 saturated carbocycles. The first-order valence-electron chi connectivity index (χ1n) is 8.00. The summed E-state index contributed by atoms with van der Waals surface area (Å²) in [6.07, 6.45) is 7.69. The maximum absolute atomic E-state index is 5.95. The van der Waals surface area contributed by atoms with Crippen LogP contribution in [-0.2, 0) is 0 Å². The number of nitrogens with zero attached hydrogens (tertiary/aromatic N) is 1. The molecule has 1 aliphatic rings. The van der Waals surface area contributed by atoms with Gasteiger partial charge in [0.1, 0.15) is 12.4 Å². The van der Waals surface area contributed by atoms with E-state index in [1.54, 1.807) is 0 Å². The molecule has 0 aromatic heterocycles. The maximum atomic E-state index is 5.95. The zero-order valence-corrected chi connectivity index (χ0v) is 13.0. The molecule has 3 N–H and O–H groups in total. The normalized spacial score (nSPS) is 17.3. The number of para-hydroxylation sites is 1. The van der Waals surface area contributed by atoms with E-state index in [2.05, 4.69) is 10.3 Å². The van der Waals surface area contributed by atoms with E-state index < -0.39 is 0 Å². The van der Waals surface area contributed by atoms with Crippen LogP contribution in [-0.4, -0.2) is 25.2 Å². The van der Waals surface area contributed by atoms with Crippen LogP contribution in [0.4, 0.5) is 0 Å². The van der Waals surface area contributed by atoms with E-state index in [1.165, 1.54) is 38.5 Å². The van der Waals surface area contributed by atoms with E-state index >= 15 is 0 Å². The van der Waals surface area contributed by atoms with E-state index in [4.69, 9.17) is 10.5 Å². The fourth-order valence-corrected chi connectivity index (χ4v) is 2.72. The Morgan fingerprint density at radius 2 is 1.95 bits per heavy atom. The standard InChI is InChI=1S/C17H27N3O/c1-14-8-6-7-11-16(14)21-13-12-19-17(18)20-15-9-4-2-3-5-10-15/h6-8,11,15H,2-5,9-10,12-13H2,1H3,(H3,18,19,20). The highest BCUT2D eigenvalue weighted by atomic mass is 16.5. The molecule has 0 heterocycles. The Hall–Kier alpha value is -1.71. The van der Waals surface area contributed by atoms with Crippen molar-refractivity contribution < 1.29 is 4.74 Å². The number of hydrogen-bond acceptors (Lipinski definition) is 2. The molecule has 1 fully saturated rings. The molecular formula is C17H27N3O. The Morgan fingerprint density at radius 1 is 1.24 bits per heavy atom. The van der Waals surface area contributed by atoms with Gasteiger partial charge in [0.05, 0.1) is 6.54 Å². The SMILES string of the molecule is Cc1ccccc1OCCN=C(N)NC1CCCCCC1. The third kappa shape index (κ3) is 5.66. The smallest absolute Gasteiger partial charge is 0.188 e. The molecule has 0 bridgehead atoms. The third-order valence-electron chi connectivity index (χ3n) is 3.93. The van der Waals surface area contributed by atoms with E-state index in [-0.39, 0.29) is 0 Å². The highest BCUT2D eigenvalue weighted by molar-refractivity contribution is 5.78. The lowest BCUT2D eigenvalue weighted by Gasteiger charge is -2.16. The summed E-state index contributed by atoms with van der Waals surface area (Å²) in [6, 6.07) is 8.50. The van der Waals surface area contributed by atoms with Gasteiger partial charge in [0.2, 0.25) is 0 Å². The monoisotopic (exact) mass is 289 g/mol. The van der Waals surface area contributed by atoms with Gasteiger partial charge in [-0.15, -0.1) is 0 Å². The second kappa shape index (κ2) is 8.55. The average molecular weight is 289 g/mol. The van der Waals surface area contributed by atoms with Crippen molar-refractivity contribution in [2.24, 2.45) is 10.7 Å². The van der Waals surface area contributed by atoms with Crippen LogP contribution in [0.15, 0.2) is 29.3 Å². The van der Waals surface area contributed by atoms with E-state index in [0.717, 1.165) is 11.3 Å². The van der Waals surface area contributed by atoms with Gasteiger partial charge < -0.3 is 15.8 Å². The lowest BCUT2D eigenvalue weighted by atomic mass is 10.1. The first-order chi connectivity index (χ1) is 10.3. The molecule has 0 aliphatic heterocycles. The summed E-state index contributed by atoms with van der Waals surface area (Å²) in [6.45, 7) is 3.18. The van der Waals surface area contributed by atoms with E-state index in [0.29, 0.717) is 25.2 Å². The summed E-state index contributed by atoms with van der Waals surface area (Å²) >= 11 is 0. The van der Waals surface area contributed by atoms with Crippen molar-refractivity contribution in [2.75, 3.05) is 13.2 Å². The van der Waals surface area contributed by atoms with Gasteiger partial charge in [-0.05, 0) is 31.4 Å². The summed E-state index contributed by atoms with van der Waals surface area (Å²) in [7, 11) is 0. The van der Waals surface area contributed by atoms with Crippen molar-refractivity contribution in [3.05, 3.63) is 29.8 Å². The van der Waals surface area contributed by atoms with E-state index in [1.807, 2.05) is 31.2 Å². The zero-order chi connectivity index (χ0) is 14.9. The minimum Gasteiger partial charge on any atom is -0.491 e. The Morgan fingerprint density at radius 3 is 2.67 bits per heavy atom. The van der Waals surface area contributed by atoms with Crippen LogP contribution < -0.4 is 15.8 Å². The van der Waals surface area contributed by atoms with Gasteiger partial charge in [0.25, 0.3) is 0 Å². The van der Waals surface area contributed by atoms with Gasteiger partial charge >= 0.3 is 0 Å². The Labute approximate surface area is 127 Å². The predicted molar refractivity (Wildman–Crippen MR) is 87.8 cm³/mol. The lowest BCUT2D eigenvalue weighted by Crippen LogP contribution is -2.40. The number of hydrogen-bond donors (Lipinski definition) is 2. The topological polar surface area (TPSA) is 59.6 Å². The van der Waals surface area contributed by atoms with Gasteiger partial charge in [-0.1, -0.05) is 43.9 Å². The van der Waals surface area contributed by atoms with Crippen LogP contribution in [0, 0.1) is 6.92 Å². The summed E-state index contributed by atoms with van der Waals surface area (Å²) in [4.78, 5) is 4.35. The molecule has 1 aromatic rings. The molecule has 0 unspecified atom stereocenters. The molecule has 21 heavy (non-hydrogen) atoms. The van der Waals surface area contributed by atoms with Crippen LogP contribution >= 0.6 is 0 Å². The molecule has 0 amide bonds. The van der Waals surface area contributed by atoms with Crippen molar-refractivity contribution in [3.63, 3.8) is 0 Å². The quantitative estimate of drug-likeness (QED) is 0.379. The largest absolute Gasteiger partial charge is 0.491 e. The summed E-state index contributed by atoms with van der Waals surface area (Å²) < 4.78 is 5.71. The van der Waals surface area contributed by atoms with Gasteiger partial charge in [0, 0.05) is 6.04 Å². The molecule has 0 atom stereocenters. The molecule has 0 saturated heterocycles. The number of nitrogens with two attached hydrogens (primary N) is 1. The van der Waals surface area contributed by atoms with Crippen LogP contribution in [0.1, 0.15) is 44.1 Å². The lowest BCUT2D eigenvalue weighted by molar-refractivity contribution is 0.326.